The Morgan fingerprint density at radius 1 is 1.08 bits per heavy atom. The molecule has 2 aromatic carbocycles. The molecule has 6 heteroatoms. The molecular weight excluding hydrogens is 466 g/mol. The van der Waals surface area contributed by atoms with E-state index < -0.39 is 11.9 Å². The summed E-state index contributed by atoms with van der Waals surface area (Å²) >= 11 is 0. The van der Waals surface area contributed by atoms with Crippen molar-refractivity contribution in [2.24, 2.45) is 5.41 Å². The van der Waals surface area contributed by atoms with Gasteiger partial charge in [0.1, 0.15) is 19.0 Å². The van der Waals surface area contributed by atoms with Crippen molar-refractivity contribution in [2.75, 3.05) is 13.2 Å². The van der Waals surface area contributed by atoms with Crippen molar-refractivity contribution in [3.05, 3.63) is 88.3 Å². The maximum absolute atomic E-state index is 13.6. The van der Waals surface area contributed by atoms with E-state index in [0.717, 1.165) is 36.1 Å². The summed E-state index contributed by atoms with van der Waals surface area (Å²) in [4.78, 5) is 27.2. The van der Waals surface area contributed by atoms with Crippen LogP contribution < -0.4 is 10.1 Å². The van der Waals surface area contributed by atoms with E-state index >= 15 is 0 Å². The van der Waals surface area contributed by atoms with Gasteiger partial charge in [-0.05, 0) is 43.2 Å². The van der Waals surface area contributed by atoms with Crippen LogP contribution in [0.25, 0.3) is 0 Å². The quantitative estimate of drug-likeness (QED) is 0.499. The molecule has 0 saturated carbocycles. The molecule has 2 atom stereocenters. The third kappa shape index (κ3) is 5.49. The fourth-order valence-corrected chi connectivity index (χ4v) is 5.63. The van der Waals surface area contributed by atoms with Crippen LogP contribution in [0.1, 0.15) is 63.5 Å². The molecule has 2 heterocycles. The third-order valence-electron chi connectivity index (χ3n) is 7.35. The second kappa shape index (κ2) is 10.5. The molecule has 0 amide bonds. The number of para-hydroxylation sites is 1. The molecule has 3 aliphatic rings. The lowest BCUT2D eigenvalue weighted by Crippen LogP contribution is -2.39. The lowest BCUT2D eigenvalue weighted by Gasteiger charge is -2.39. The van der Waals surface area contributed by atoms with Gasteiger partial charge in [-0.3, -0.25) is 4.79 Å². The summed E-state index contributed by atoms with van der Waals surface area (Å²) in [7, 11) is 0. The number of ketones is 1. The number of esters is 1. The third-order valence-corrected chi connectivity index (χ3v) is 7.35. The van der Waals surface area contributed by atoms with Crippen molar-refractivity contribution < 1.29 is 23.8 Å². The lowest BCUT2D eigenvalue weighted by atomic mass is 9.68. The van der Waals surface area contributed by atoms with Gasteiger partial charge in [-0.25, -0.2) is 4.79 Å². The van der Waals surface area contributed by atoms with Gasteiger partial charge < -0.3 is 19.5 Å². The summed E-state index contributed by atoms with van der Waals surface area (Å²) in [5, 5.41) is 3.41. The first-order chi connectivity index (χ1) is 17.8. The molecule has 37 heavy (non-hydrogen) atoms. The lowest BCUT2D eigenvalue weighted by molar-refractivity contribution is -0.142. The minimum Gasteiger partial charge on any atom is -0.489 e. The normalized spacial score (nSPS) is 22.9. The van der Waals surface area contributed by atoms with Gasteiger partial charge in [0.2, 0.25) is 0 Å². The van der Waals surface area contributed by atoms with Crippen molar-refractivity contribution in [2.45, 2.75) is 65.1 Å². The van der Waals surface area contributed by atoms with Crippen molar-refractivity contribution in [3.8, 4) is 5.75 Å². The number of carbonyl (C=O) groups is 2. The highest BCUT2D eigenvalue weighted by Gasteiger charge is 2.44. The van der Waals surface area contributed by atoms with E-state index in [1.54, 1.807) is 0 Å². The maximum Gasteiger partial charge on any atom is 0.336 e. The molecule has 2 aliphatic heterocycles. The van der Waals surface area contributed by atoms with Crippen molar-refractivity contribution in [3.63, 3.8) is 0 Å². The minimum absolute atomic E-state index is 0.0542. The van der Waals surface area contributed by atoms with Crippen molar-refractivity contribution in [1.82, 2.24) is 5.32 Å². The largest absolute Gasteiger partial charge is 0.489 e. The molecule has 6 nitrogen and oxygen atoms in total. The average Bonchev–Trinajstić information content (AvgIpc) is 3.39. The summed E-state index contributed by atoms with van der Waals surface area (Å²) in [5.41, 5.74) is 4.38. The summed E-state index contributed by atoms with van der Waals surface area (Å²) in [6.45, 7) is 7.39. The summed E-state index contributed by atoms with van der Waals surface area (Å²) < 4.78 is 17.7. The van der Waals surface area contributed by atoms with Gasteiger partial charge in [0, 0.05) is 35.6 Å². The zero-order valence-electron chi connectivity index (χ0n) is 21.8. The summed E-state index contributed by atoms with van der Waals surface area (Å²) in [6, 6.07) is 17.6. The van der Waals surface area contributed by atoms with E-state index in [0.29, 0.717) is 42.2 Å². The van der Waals surface area contributed by atoms with Crippen LogP contribution in [-0.4, -0.2) is 31.1 Å². The van der Waals surface area contributed by atoms with Crippen molar-refractivity contribution >= 4 is 11.8 Å². The zero-order valence-corrected chi connectivity index (χ0v) is 21.8. The van der Waals surface area contributed by atoms with E-state index in [1.807, 2.05) is 61.5 Å². The number of hydrogen-bond donors (Lipinski definition) is 1. The highest BCUT2D eigenvalue weighted by atomic mass is 16.6. The minimum atomic E-state index is -0.566. The topological polar surface area (TPSA) is 73.9 Å². The summed E-state index contributed by atoms with van der Waals surface area (Å²) in [6.07, 6.45) is 2.93. The number of Topliss-reactive ketones (excluding diaryl/α,β-unsaturated/α-hetero) is 1. The van der Waals surface area contributed by atoms with Gasteiger partial charge in [0.25, 0.3) is 0 Å². The monoisotopic (exact) mass is 501 g/mol. The fourth-order valence-electron chi connectivity index (χ4n) is 5.63. The van der Waals surface area contributed by atoms with Gasteiger partial charge in [-0.1, -0.05) is 62.4 Å². The number of carbonyl (C=O) groups excluding carboxylic acids is 2. The molecular formula is C31H35NO5. The molecule has 194 valence electrons. The highest BCUT2D eigenvalue weighted by Crippen LogP contribution is 2.48. The van der Waals surface area contributed by atoms with Gasteiger partial charge in [0.15, 0.2) is 5.78 Å². The average molecular weight is 502 g/mol. The van der Waals surface area contributed by atoms with E-state index in [1.165, 1.54) is 0 Å². The first kappa shape index (κ1) is 25.3. The SMILES string of the molecule is CC1=C(C(=O)OC[C@H]2CCCO2)[C@H](c2ccccc2OCc2ccccc2)C2=C(CC(C)(C)CC2=O)N1. The van der Waals surface area contributed by atoms with Gasteiger partial charge in [0.05, 0.1) is 17.6 Å². The van der Waals surface area contributed by atoms with Crippen LogP contribution in [0, 0.1) is 5.41 Å². The Labute approximate surface area is 218 Å². The van der Waals surface area contributed by atoms with Crippen LogP contribution in [0.3, 0.4) is 0 Å². The Balaban J connectivity index is 1.52. The predicted octanol–water partition coefficient (Wildman–Crippen LogP) is 5.59. The number of ether oxygens (including phenoxy) is 3. The molecule has 0 unspecified atom stereocenters. The van der Waals surface area contributed by atoms with Crippen LogP contribution in [-0.2, 0) is 25.7 Å². The molecule has 1 N–H and O–H groups in total. The highest BCUT2D eigenvalue weighted by molar-refractivity contribution is 6.04. The van der Waals surface area contributed by atoms with E-state index in [4.69, 9.17) is 14.2 Å². The van der Waals surface area contributed by atoms with Crippen LogP contribution in [0.2, 0.25) is 0 Å². The molecule has 1 saturated heterocycles. The number of allylic oxidation sites excluding steroid dienone is 3. The maximum atomic E-state index is 13.6. The van der Waals surface area contributed by atoms with Crippen LogP contribution in [0.15, 0.2) is 77.1 Å². The van der Waals surface area contributed by atoms with Crippen LogP contribution >= 0.6 is 0 Å². The van der Waals surface area contributed by atoms with Crippen LogP contribution in [0.5, 0.6) is 5.75 Å². The number of rotatable bonds is 7. The number of benzene rings is 2. The first-order valence-electron chi connectivity index (χ1n) is 13.1. The Kier molecular flexibility index (Phi) is 7.20. The number of nitrogens with one attached hydrogen (secondary N) is 1. The van der Waals surface area contributed by atoms with E-state index in [9.17, 15) is 9.59 Å². The molecule has 0 spiro atoms. The summed E-state index contributed by atoms with van der Waals surface area (Å²) in [5.74, 6) is -0.283. The molecule has 2 aromatic rings. The smallest absolute Gasteiger partial charge is 0.336 e. The molecule has 0 bridgehead atoms. The number of dihydropyridines is 1. The second-order valence-corrected chi connectivity index (χ2v) is 11.0. The zero-order chi connectivity index (χ0) is 26.0. The Bertz CT molecular complexity index is 1240. The van der Waals surface area contributed by atoms with Crippen molar-refractivity contribution in [1.29, 1.82) is 0 Å². The molecule has 1 aliphatic carbocycles. The number of hydrogen-bond acceptors (Lipinski definition) is 6. The molecule has 1 fully saturated rings. The molecule has 0 aromatic heterocycles. The first-order valence-corrected chi connectivity index (χ1v) is 13.1. The predicted molar refractivity (Wildman–Crippen MR) is 141 cm³/mol. The van der Waals surface area contributed by atoms with Crippen LogP contribution in [0.4, 0.5) is 0 Å². The van der Waals surface area contributed by atoms with Gasteiger partial charge in [-0.2, -0.15) is 0 Å². The second-order valence-electron chi connectivity index (χ2n) is 11.0. The van der Waals surface area contributed by atoms with E-state index in [-0.39, 0.29) is 23.9 Å². The fraction of sp³-hybridized carbons (Fsp3) is 0.419. The van der Waals surface area contributed by atoms with Gasteiger partial charge >= 0.3 is 5.97 Å². The Morgan fingerprint density at radius 2 is 1.84 bits per heavy atom. The molecule has 0 radical (unpaired) electrons. The Morgan fingerprint density at radius 3 is 2.59 bits per heavy atom. The van der Waals surface area contributed by atoms with Gasteiger partial charge in [-0.15, -0.1) is 0 Å². The van der Waals surface area contributed by atoms with E-state index in [2.05, 4.69) is 19.2 Å². The standard InChI is InChI=1S/C31H35NO5/c1-20-27(30(34)37-19-22-12-9-15-35-22)28(29-24(32-20)16-31(2,3)17-25(29)33)23-13-7-8-14-26(23)36-18-21-10-5-4-6-11-21/h4-8,10-11,13-14,22,28,32H,9,12,15-19H2,1-3H3/t22-,28+/m1/s1. The molecule has 5 rings (SSSR count). The Hall–Kier alpha value is -3.38.